The van der Waals surface area contributed by atoms with Gasteiger partial charge in [-0.25, -0.2) is 0 Å². The van der Waals surface area contributed by atoms with Gasteiger partial charge in [0, 0.05) is 31.7 Å². The van der Waals surface area contributed by atoms with Crippen LogP contribution in [0.3, 0.4) is 0 Å². The van der Waals surface area contributed by atoms with Crippen molar-refractivity contribution in [2.45, 2.75) is 0 Å². The zero-order valence-electron chi connectivity index (χ0n) is 14.4. The number of carbonyl (C=O) groups excluding carboxylic acids is 1. The molecule has 0 bridgehead atoms. The Morgan fingerprint density at radius 1 is 1.19 bits per heavy atom. The van der Waals surface area contributed by atoms with Gasteiger partial charge in [-0.3, -0.25) is 18.9 Å². The number of aromatic nitrogens is 2. The fraction of sp³-hybridized carbons (Fsp3) is 0.333. The first kappa shape index (κ1) is 18.3. The lowest BCUT2D eigenvalue weighted by molar-refractivity contribution is 0.0383. The van der Waals surface area contributed by atoms with Crippen LogP contribution in [0.4, 0.5) is 0 Å². The number of hydrogen-bond donors (Lipinski definition) is 2. The normalized spacial score (nSPS) is 15.5. The SMILES string of the molecule is O=C(NCCN1CCOCC1)c1ccc2c(c1)[nH]c(=O)c1cc(Cl)c(Cl)n12. The molecule has 4 rings (SSSR count). The predicted molar refractivity (Wildman–Crippen MR) is 105 cm³/mol. The summed E-state index contributed by atoms with van der Waals surface area (Å²) in [5, 5.41) is 3.48. The summed E-state index contributed by atoms with van der Waals surface area (Å²) in [6, 6.07) is 6.62. The highest BCUT2D eigenvalue weighted by atomic mass is 35.5. The maximum absolute atomic E-state index is 12.4. The summed E-state index contributed by atoms with van der Waals surface area (Å²) in [7, 11) is 0. The molecule has 1 aromatic carbocycles. The number of amides is 1. The van der Waals surface area contributed by atoms with Crippen molar-refractivity contribution in [3.63, 3.8) is 0 Å². The standard InChI is InChI=1S/C18H18Cl2N4O3/c19-12-10-15-18(26)22-13-9-11(1-2-14(13)24(15)16(12)20)17(25)21-3-4-23-5-7-27-8-6-23/h1-2,9-10H,3-8H2,(H,21,25)(H,22,26). The van der Waals surface area contributed by atoms with Gasteiger partial charge in [0.2, 0.25) is 0 Å². The third kappa shape index (κ3) is 3.55. The van der Waals surface area contributed by atoms with Gasteiger partial charge in [0.05, 0.1) is 29.3 Å². The van der Waals surface area contributed by atoms with Gasteiger partial charge in [-0.1, -0.05) is 23.2 Å². The minimum atomic E-state index is -0.318. The zero-order valence-corrected chi connectivity index (χ0v) is 15.9. The number of ether oxygens (including phenoxy) is 1. The molecule has 3 heterocycles. The lowest BCUT2D eigenvalue weighted by Crippen LogP contribution is -2.41. The molecule has 1 amide bonds. The number of rotatable bonds is 4. The highest BCUT2D eigenvalue weighted by Gasteiger charge is 2.15. The van der Waals surface area contributed by atoms with Crippen LogP contribution in [0.1, 0.15) is 10.4 Å². The number of hydrogen-bond acceptors (Lipinski definition) is 4. The number of H-pyrrole nitrogens is 1. The summed E-state index contributed by atoms with van der Waals surface area (Å²) in [6.07, 6.45) is 0. The lowest BCUT2D eigenvalue weighted by atomic mass is 10.1. The van der Waals surface area contributed by atoms with E-state index < -0.39 is 0 Å². The van der Waals surface area contributed by atoms with Crippen molar-refractivity contribution in [3.05, 3.63) is 50.4 Å². The Hall–Kier alpha value is -2.06. The average Bonchev–Trinajstić information content (AvgIpc) is 2.98. The summed E-state index contributed by atoms with van der Waals surface area (Å²) < 4.78 is 6.89. The summed E-state index contributed by atoms with van der Waals surface area (Å²) in [4.78, 5) is 29.8. The summed E-state index contributed by atoms with van der Waals surface area (Å²) in [5.74, 6) is -0.192. The van der Waals surface area contributed by atoms with Gasteiger partial charge >= 0.3 is 0 Å². The van der Waals surface area contributed by atoms with Crippen molar-refractivity contribution in [1.82, 2.24) is 19.6 Å². The molecule has 2 aromatic heterocycles. The smallest absolute Gasteiger partial charge is 0.272 e. The molecule has 0 unspecified atom stereocenters. The number of nitrogens with one attached hydrogen (secondary N) is 2. The van der Waals surface area contributed by atoms with Gasteiger partial charge in [0.15, 0.2) is 0 Å². The fourth-order valence-corrected chi connectivity index (χ4v) is 3.70. The second-order valence-corrected chi connectivity index (χ2v) is 7.16. The summed E-state index contributed by atoms with van der Waals surface area (Å²) in [6.45, 7) is 4.54. The molecule has 7 nitrogen and oxygen atoms in total. The number of carbonyl (C=O) groups is 1. The molecule has 1 aliphatic heterocycles. The van der Waals surface area contributed by atoms with E-state index >= 15 is 0 Å². The van der Waals surface area contributed by atoms with Crippen LogP contribution in [-0.4, -0.2) is 59.6 Å². The number of benzene rings is 1. The Balaban J connectivity index is 1.56. The van der Waals surface area contributed by atoms with Gasteiger partial charge in [-0.05, 0) is 24.3 Å². The van der Waals surface area contributed by atoms with Crippen molar-refractivity contribution in [2.75, 3.05) is 39.4 Å². The van der Waals surface area contributed by atoms with Gasteiger partial charge in [-0.2, -0.15) is 0 Å². The van der Waals surface area contributed by atoms with Gasteiger partial charge in [-0.15, -0.1) is 0 Å². The van der Waals surface area contributed by atoms with Crippen LogP contribution in [0, 0.1) is 0 Å². The minimum Gasteiger partial charge on any atom is -0.379 e. The molecular weight excluding hydrogens is 391 g/mol. The molecule has 1 saturated heterocycles. The Morgan fingerprint density at radius 2 is 1.96 bits per heavy atom. The van der Waals surface area contributed by atoms with E-state index in [2.05, 4.69) is 15.2 Å². The van der Waals surface area contributed by atoms with Crippen LogP contribution in [-0.2, 0) is 4.74 Å². The minimum absolute atomic E-state index is 0.192. The quantitative estimate of drug-likeness (QED) is 0.692. The Morgan fingerprint density at radius 3 is 2.74 bits per heavy atom. The van der Waals surface area contributed by atoms with Gasteiger partial charge in [0.1, 0.15) is 10.7 Å². The third-order valence-corrected chi connectivity index (χ3v) is 5.45. The molecule has 0 spiro atoms. The van der Waals surface area contributed by atoms with Crippen LogP contribution < -0.4 is 10.9 Å². The predicted octanol–water partition coefficient (Wildman–Crippen LogP) is 2.15. The number of morpholine rings is 1. The second kappa shape index (κ2) is 7.52. The number of fused-ring (bicyclic) bond motifs is 3. The Labute approximate surface area is 164 Å². The van der Waals surface area contributed by atoms with Crippen LogP contribution in [0.2, 0.25) is 10.2 Å². The molecule has 0 saturated carbocycles. The van der Waals surface area contributed by atoms with Gasteiger partial charge in [0.25, 0.3) is 11.5 Å². The van der Waals surface area contributed by atoms with E-state index in [1.165, 1.54) is 6.07 Å². The number of nitrogens with zero attached hydrogens (tertiary/aromatic N) is 2. The molecule has 0 radical (unpaired) electrons. The largest absolute Gasteiger partial charge is 0.379 e. The van der Waals surface area contributed by atoms with Crippen LogP contribution in [0.25, 0.3) is 16.6 Å². The fourth-order valence-electron chi connectivity index (χ4n) is 3.27. The maximum Gasteiger partial charge on any atom is 0.272 e. The maximum atomic E-state index is 12.4. The molecule has 27 heavy (non-hydrogen) atoms. The van der Waals surface area contributed by atoms with Crippen molar-refractivity contribution >= 4 is 45.7 Å². The molecular formula is C18H18Cl2N4O3. The van der Waals surface area contributed by atoms with Crippen molar-refractivity contribution in [2.24, 2.45) is 0 Å². The van der Waals surface area contributed by atoms with Gasteiger partial charge < -0.3 is 15.0 Å². The highest BCUT2D eigenvalue weighted by Crippen LogP contribution is 2.28. The summed E-state index contributed by atoms with van der Waals surface area (Å²) >= 11 is 12.3. The second-order valence-electron chi connectivity index (χ2n) is 6.40. The lowest BCUT2D eigenvalue weighted by Gasteiger charge is -2.26. The van der Waals surface area contributed by atoms with E-state index in [0.717, 1.165) is 32.8 Å². The first-order chi connectivity index (χ1) is 13.0. The molecule has 2 N–H and O–H groups in total. The van der Waals surface area contributed by atoms with E-state index in [-0.39, 0.29) is 16.6 Å². The van der Waals surface area contributed by atoms with Crippen LogP contribution >= 0.6 is 23.2 Å². The molecule has 1 aliphatic rings. The van der Waals surface area contributed by atoms with Crippen molar-refractivity contribution < 1.29 is 9.53 Å². The van der Waals surface area contributed by atoms with Crippen LogP contribution in [0.5, 0.6) is 0 Å². The van der Waals surface area contributed by atoms with E-state index in [1.54, 1.807) is 22.6 Å². The molecule has 0 aliphatic carbocycles. The molecule has 3 aromatic rings. The van der Waals surface area contributed by atoms with Crippen molar-refractivity contribution in [1.29, 1.82) is 0 Å². The Bertz CT molecular complexity index is 1070. The van der Waals surface area contributed by atoms with Crippen LogP contribution in [0.15, 0.2) is 29.1 Å². The number of halogens is 2. The zero-order chi connectivity index (χ0) is 19.0. The number of aromatic amines is 1. The third-order valence-electron chi connectivity index (χ3n) is 4.70. The highest BCUT2D eigenvalue weighted by molar-refractivity contribution is 6.42. The van der Waals surface area contributed by atoms with Crippen molar-refractivity contribution in [3.8, 4) is 0 Å². The first-order valence-corrected chi connectivity index (χ1v) is 9.41. The first-order valence-electron chi connectivity index (χ1n) is 8.65. The molecule has 0 atom stereocenters. The molecule has 9 heteroatoms. The van der Waals surface area contributed by atoms with E-state index in [1.807, 2.05) is 0 Å². The Kier molecular flexibility index (Phi) is 5.10. The van der Waals surface area contributed by atoms with E-state index in [4.69, 9.17) is 27.9 Å². The average molecular weight is 409 g/mol. The monoisotopic (exact) mass is 408 g/mol. The van der Waals surface area contributed by atoms with E-state index in [0.29, 0.717) is 33.7 Å². The molecule has 142 valence electrons. The molecule has 1 fully saturated rings. The van der Waals surface area contributed by atoms with E-state index in [9.17, 15) is 9.59 Å². The topological polar surface area (TPSA) is 78.8 Å². The summed E-state index contributed by atoms with van der Waals surface area (Å²) in [5.41, 5.74) is 1.70.